The lowest BCUT2D eigenvalue weighted by Gasteiger charge is -2.21. The fourth-order valence-corrected chi connectivity index (χ4v) is 4.76. The normalized spacial score (nSPS) is 18.9. The lowest BCUT2D eigenvalue weighted by molar-refractivity contribution is -0.137. The van der Waals surface area contributed by atoms with Crippen LogP contribution in [0.2, 0.25) is 0 Å². The number of carboxylic acid groups (broad SMARTS) is 1. The summed E-state index contributed by atoms with van der Waals surface area (Å²) in [6.07, 6.45) is 6.03. The summed E-state index contributed by atoms with van der Waals surface area (Å²) in [7, 11) is 0. The van der Waals surface area contributed by atoms with Crippen molar-refractivity contribution in [1.82, 2.24) is 4.90 Å². The van der Waals surface area contributed by atoms with Gasteiger partial charge in [0.25, 0.3) is 5.91 Å². The van der Waals surface area contributed by atoms with Crippen LogP contribution in [-0.2, 0) is 9.59 Å². The van der Waals surface area contributed by atoms with E-state index in [-0.39, 0.29) is 25.0 Å². The predicted molar refractivity (Wildman–Crippen MR) is 113 cm³/mol. The van der Waals surface area contributed by atoms with Crippen molar-refractivity contribution >= 4 is 46.3 Å². The van der Waals surface area contributed by atoms with Crippen LogP contribution in [0.15, 0.2) is 23.1 Å². The molecule has 1 heterocycles. The van der Waals surface area contributed by atoms with Gasteiger partial charge in [-0.3, -0.25) is 14.5 Å². The molecule has 1 aromatic carbocycles. The molecule has 0 spiro atoms. The zero-order valence-electron chi connectivity index (χ0n) is 15.7. The molecular formula is C20H23NO5S2. The van der Waals surface area contributed by atoms with Crippen molar-refractivity contribution in [3.05, 3.63) is 28.7 Å². The summed E-state index contributed by atoms with van der Waals surface area (Å²) < 4.78 is 11.8. The Morgan fingerprint density at radius 2 is 2.07 bits per heavy atom. The van der Waals surface area contributed by atoms with Crippen LogP contribution in [0, 0.1) is 0 Å². The van der Waals surface area contributed by atoms with Gasteiger partial charge in [0.05, 0.1) is 24.5 Å². The second-order valence-electron chi connectivity index (χ2n) is 6.62. The molecule has 28 heavy (non-hydrogen) atoms. The Bertz CT molecular complexity index is 802. The van der Waals surface area contributed by atoms with Crippen LogP contribution >= 0.6 is 24.0 Å². The quantitative estimate of drug-likeness (QED) is 0.501. The number of carbonyl (C=O) groups is 2. The molecule has 2 aliphatic rings. The van der Waals surface area contributed by atoms with Gasteiger partial charge in [-0.2, -0.15) is 0 Å². The third-order valence-corrected chi connectivity index (χ3v) is 5.98. The number of amides is 1. The molecule has 3 rings (SSSR count). The Kier molecular flexibility index (Phi) is 6.96. The zero-order chi connectivity index (χ0) is 20.1. The van der Waals surface area contributed by atoms with Gasteiger partial charge in [0.2, 0.25) is 0 Å². The first-order chi connectivity index (χ1) is 13.5. The first-order valence-corrected chi connectivity index (χ1v) is 10.6. The van der Waals surface area contributed by atoms with Gasteiger partial charge < -0.3 is 14.6 Å². The molecule has 1 saturated carbocycles. The number of thioether (sulfide) groups is 1. The summed E-state index contributed by atoms with van der Waals surface area (Å²) in [5.74, 6) is 0.0622. The number of carboxylic acids is 1. The topological polar surface area (TPSA) is 76.1 Å². The van der Waals surface area contributed by atoms with Crippen molar-refractivity contribution in [3.63, 3.8) is 0 Å². The molecule has 1 aromatic rings. The molecule has 1 aliphatic heterocycles. The maximum Gasteiger partial charge on any atom is 0.306 e. The smallest absolute Gasteiger partial charge is 0.306 e. The van der Waals surface area contributed by atoms with E-state index in [9.17, 15) is 9.59 Å². The highest BCUT2D eigenvalue weighted by Crippen LogP contribution is 2.38. The maximum absolute atomic E-state index is 12.8. The van der Waals surface area contributed by atoms with Crippen LogP contribution in [0.1, 0.15) is 44.6 Å². The van der Waals surface area contributed by atoms with Gasteiger partial charge in [0.1, 0.15) is 4.32 Å². The average molecular weight is 422 g/mol. The molecule has 1 amide bonds. The van der Waals surface area contributed by atoms with E-state index >= 15 is 0 Å². The van der Waals surface area contributed by atoms with Gasteiger partial charge in [0.15, 0.2) is 11.5 Å². The number of benzene rings is 1. The number of ether oxygens (including phenoxy) is 2. The first kappa shape index (κ1) is 20.7. The lowest BCUT2D eigenvalue weighted by atomic mass is 10.1. The number of thiocarbonyl (C=S) groups is 1. The summed E-state index contributed by atoms with van der Waals surface area (Å²) in [4.78, 5) is 25.9. The van der Waals surface area contributed by atoms with E-state index in [1.807, 2.05) is 19.1 Å². The summed E-state index contributed by atoms with van der Waals surface area (Å²) in [6.45, 7) is 2.37. The maximum atomic E-state index is 12.8. The molecule has 0 aromatic heterocycles. The highest BCUT2D eigenvalue weighted by Gasteiger charge is 2.38. The van der Waals surface area contributed by atoms with Crippen LogP contribution in [0.4, 0.5) is 0 Å². The number of carbonyl (C=O) groups excluding carboxylic acids is 1. The Morgan fingerprint density at radius 1 is 1.32 bits per heavy atom. The Balaban J connectivity index is 1.77. The molecule has 0 unspecified atom stereocenters. The van der Waals surface area contributed by atoms with E-state index in [0.29, 0.717) is 27.3 Å². The van der Waals surface area contributed by atoms with Crippen LogP contribution in [0.25, 0.3) is 6.08 Å². The first-order valence-electron chi connectivity index (χ1n) is 9.38. The predicted octanol–water partition coefficient (Wildman–Crippen LogP) is 4.08. The third-order valence-electron chi connectivity index (χ3n) is 4.65. The molecule has 2 fully saturated rings. The summed E-state index contributed by atoms with van der Waals surface area (Å²) in [5.41, 5.74) is 0.806. The standard InChI is InChI=1S/C20H23NO5S2/c1-2-25-16-11-13(7-8-15(16)26-10-9-18(22)23)12-17-19(24)21(20(27)28-17)14-5-3-4-6-14/h7-8,11-12,14H,2-6,9-10H2,1H3,(H,22,23)/b17-12+. The largest absolute Gasteiger partial charge is 0.490 e. The van der Waals surface area contributed by atoms with Gasteiger partial charge in [0, 0.05) is 6.04 Å². The van der Waals surface area contributed by atoms with E-state index in [2.05, 4.69) is 0 Å². The van der Waals surface area contributed by atoms with Crippen molar-refractivity contribution in [3.8, 4) is 11.5 Å². The number of aliphatic carboxylic acids is 1. The fraction of sp³-hybridized carbons (Fsp3) is 0.450. The van der Waals surface area contributed by atoms with Gasteiger partial charge >= 0.3 is 5.97 Å². The molecular weight excluding hydrogens is 398 g/mol. The van der Waals surface area contributed by atoms with Crippen LogP contribution in [-0.4, -0.2) is 45.5 Å². The molecule has 0 radical (unpaired) electrons. The highest BCUT2D eigenvalue weighted by atomic mass is 32.2. The van der Waals surface area contributed by atoms with Gasteiger partial charge in [-0.1, -0.05) is 42.9 Å². The van der Waals surface area contributed by atoms with Crippen molar-refractivity contribution < 1.29 is 24.2 Å². The number of hydrogen-bond donors (Lipinski definition) is 1. The van der Waals surface area contributed by atoms with Crippen molar-refractivity contribution in [2.75, 3.05) is 13.2 Å². The SMILES string of the molecule is CCOc1cc(/C=C2/SC(=S)N(C3CCCC3)C2=O)ccc1OCCC(=O)O. The summed E-state index contributed by atoms with van der Waals surface area (Å²) >= 11 is 6.77. The molecule has 1 aliphatic carbocycles. The minimum atomic E-state index is -0.918. The molecule has 0 atom stereocenters. The van der Waals surface area contributed by atoms with Gasteiger partial charge in [-0.25, -0.2) is 0 Å². The minimum absolute atomic E-state index is 0.0263. The van der Waals surface area contributed by atoms with E-state index in [0.717, 1.165) is 31.2 Å². The van der Waals surface area contributed by atoms with Gasteiger partial charge in [-0.05, 0) is 43.5 Å². The summed E-state index contributed by atoms with van der Waals surface area (Å²) in [5, 5.41) is 8.75. The van der Waals surface area contributed by atoms with Crippen molar-refractivity contribution in [2.45, 2.75) is 45.1 Å². The molecule has 0 bridgehead atoms. The zero-order valence-corrected chi connectivity index (χ0v) is 17.3. The number of rotatable bonds is 8. The Morgan fingerprint density at radius 3 is 2.75 bits per heavy atom. The number of nitrogens with zero attached hydrogens (tertiary/aromatic N) is 1. The van der Waals surface area contributed by atoms with Gasteiger partial charge in [-0.15, -0.1) is 0 Å². The van der Waals surface area contributed by atoms with Crippen LogP contribution in [0.5, 0.6) is 11.5 Å². The average Bonchev–Trinajstić information content (AvgIpc) is 3.25. The molecule has 8 heteroatoms. The molecule has 6 nitrogen and oxygen atoms in total. The van der Waals surface area contributed by atoms with Crippen LogP contribution < -0.4 is 9.47 Å². The Hall–Kier alpha value is -2.06. The third kappa shape index (κ3) is 4.86. The summed E-state index contributed by atoms with van der Waals surface area (Å²) in [6, 6.07) is 5.57. The lowest BCUT2D eigenvalue weighted by Crippen LogP contribution is -2.36. The molecule has 1 N–H and O–H groups in total. The highest BCUT2D eigenvalue weighted by molar-refractivity contribution is 8.26. The molecule has 1 saturated heterocycles. The Labute approximate surface area is 173 Å². The van der Waals surface area contributed by atoms with E-state index in [1.54, 1.807) is 17.0 Å². The minimum Gasteiger partial charge on any atom is -0.490 e. The van der Waals surface area contributed by atoms with Crippen molar-refractivity contribution in [2.24, 2.45) is 0 Å². The van der Waals surface area contributed by atoms with E-state index in [1.165, 1.54) is 11.8 Å². The monoisotopic (exact) mass is 421 g/mol. The fourth-order valence-electron chi connectivity index (χ4n) is 3.36. The van der Waals surface area contributed by atoms with Crippen LogP contribution in [0.3, 0.4) is 0 Å². The second-order valence-corrected chi connectivity index (χ2v) is 8.30. The second kappa shape index (κ2) is 9.43. The van der Waals surface area contributed by atoms with Crippen molar-refractivity contribution in [1.29, 1.82) is 0 Å². The van der Waals surface area contributed by atoms with E-state index < -0.39 is 5.97 Å². The molecule has 150 valence electrons. The number of hydrogen-bond acceptors (Lipinski definition) is 6. The van der Waals surface area contributed by atoms with E-state index in [4.69, 9.17) is 26.8 Å².